The molecule has 2 heterocycles. The highest BCUT2D eigenvalue weighted by molar-refractivity contribution is 6.19. The van der Waals surface area contributed by atoms with Crippen molar-refractivity contribution < 1.29 is 8.83 Å². The minimum absolute atomic E-state index is 0.863. The average Bonchev–Trinajstić information content (AvgIpc) is 3.82. The molecule has 0 N–H and O–H groups in total. The van der Waals surface area contributed by atoms with E-state index < -0.39 is 0 Å². The number of hydrogen-bond acceptors (Lipinski definition) is 3. The Morgan fingerprint density at radius 1 is 0.345 bits per heavy atom. The largest absolute Gasteiger partial charge is 0.456 e. The summed E-state index contributed by atoms with van der Waals surface area (Å²) in [5.74, 6) is 0. The predicted molar refractivity (Wildman–Crippen MR) is 229 cm³/mol. The SMILES string of the molecule is c1ccc(-c2ccc(N(c3ccc(-c4cccc5c4oc4ccccc45)cc3)c3ccc4oc5cc6ccccc6cc5c4c3-c3ccccc3)cc2)cc1. The van der Waals surface area contributed by atoms with Crippen molar-refractivity contribution >= 4 is 71.7 Å². The molecule has 0 atom stereocenters. The van der Waals surface area contributed by atoms with E-state index in [0.717, 1.165) is 88.6 Å². The van der Waals surface area contributed by atoms with E-state index in [1.54, 1.807) is 0 Å². The zero-order valence-corrected chi connectivity index (χ0v) is 29.8. The monoisotopic (exact) mass is 703 g/mol. The zero-order valence-electron chi connectivity index (χ0n) is 29.8. The van der Waals surface area contributed by atoms with Gasteiger partial charge in [0.15, 0.2) is 0 Å². The lowest BCUT2D eigenvalue weighted by Gasteiger charge is -2.28. The number of anilines is 3. The van der Waals surface area contributed by atoms with Crippen molar-refractivity contribution in [3.63, 3.8) is 0 Å². The Morgan fingerprint density at radius 3 is 1.69 bits per heavy atom. The van der Waals surface area contributed by atoms with Crippen LogP contribution < -0.4 is 4.90 Å². The molecule has 0 fully saturated rings. The number of para-hydroxylation sites is 2. The van der Waals surface area contributed by atoms with Gasteiger partial charge >= 0.3 is 0 Å². The summed E-state index contributed by atoms with van der Waals surface area (Å²) in [6, 6.07) is 70.9. The molecular formula is C52H33NO2. The first-order chi connectivity index (χ1) is 27.3. The van der Waals surface area contributed by atoms with E-state index in [4.69, 9.17) is 8.83 Å². The van der Waals surface area contributed by atoms with Crippen molar-refractivity contribution in [3.8, 4) is 33.4 Å². The average molecular weight is 704 g/mol. The third kappa shape index (κ3) is 5.20. The van der Waals surface area contributed by atoms with Crippen LogP contribution in [0.1, 0.15) is 0 Å². The van der Waals surface area contributed by atoms with Crippen LogP contribution in [0.3, 0.4) is 0 Å². The molecule has 3 heteroatoms. The zero-order chi connectivity index (χ0) is 36.3. The van der Waals surface area contributed by atoms with Gasteiger partial charge in [0.2, 0.25) is 0 Å². The van der Waals surface area contributed by atoms with E-state index in [0.29, 0.717) is 0 Å². The van der Waals surface area contributed by atoms with E-state index in [9.17, 15) is 0 Å². The molecular weight excluding hydrogens is 671 g/mol. The summed E-state index contributed by atoms with van der Waals surface area (Å²) in [6.07, 6.45) is 0. The van der Waals surface area contributed by atoms with Crippen molar-refractivity contribution in [1.82, 2.24) is 0 Å². The molecule has 3 nitrogen and oxygen atoms in total. The van der Waals surface area contributed by atoms with Gasteiger partial charge in [-0.05, 0) is 87.6 Å². The van der Waals surface area contributed by atoms with Gasteiger partial charge in [0.25, 0.3) is 0 Å². The summed E-state index contributed by atoms with van der Waals surface area (Å²) >= 11 is 0. The van der Waals surface area contributed by atoms with Crippen molar-refractivity contribution in [1.29, 1.82) is 0 Å². The third-order valence-corrected chi connectivity index (χ3v) is 10.9. The first kappa shape index (κ1) is 31.2. The molecule has 11 aromatic rings. The summed E-state index contributed by atoms with van der Waals surface area (Å²) in [5, 5.41) is 6.80. The summed E-state index contributed by atoms with van der Waals surface area (Å²) < 4.78 is 13.1. The molecule has 258 valence electrons. The van der Waals surface area contributed by atoms with E-state index >= 15 is 0 Å². The molecule has 0 spiro atoms. The molecule has 0 aliphatic rings. The highest BCUT2D eigenvalue weighted by Gasteiger charge is 2.23. The fraction of sp³-hybridized carbons (Fsp3) is 0. The Morgan fingerprint density at radius 2 is 0.945 bits per heavy atom. The number of furan rings is 2. The van der Waals surface area contributed by atoms with E-state index in [2.05, 4.69) is 193 Å². The fourth-order valence-corrected chi connectivity index (χ4v) is 8.25. The second kappa shape index (κ2) is 12.6. The summed E-state index contributed by atoms with van der Waals surface area (Å²) in [4.78, 5) is 2.38. The molecule has 0 saturated heterocycles. The molecule has 2 aromatic heterocycles. The maximum atomic E-state index is 6.63. The Hall–Kier alpha value is -7.36. The van der Waals surface area contributed by atoms with Crippen molar-refractivity contribution in [3.05, 3.63) is 200 Å². The van der Waals surface area contributed by atoms with Gasteiger partial charge in [-0.1, -0.05) is 146 Å². The van der Waals surface area contributed by atoms with Crippen LogP contribution in [0.25, 0.3) is 88.0 Å². The lowest BCUT2D eigenvalue weighted by atomic mass is 9.95. The Balaban J connectivity index is 1.13. The second-order valence-corrected chi connectivity index (χ2v) is 14.1. The lowest BCUT2D eigenvalue weighted by molar-refractivity contribution is 0.669. The first-order valence-corrected chi connectivity index (χ1v) is 18.7. The lowest BCUT2D eigenvalue weighted by Crippen LogP contribution is -2.11. The normalized spacial score (nSPS) is 11.6. The minimum Gasteiger partial charge on any atom is -0.456 e. The van der Waals surface area contributed by atoms with Crippen molar-refractivity contribution in [2.24, 2.45) is 0 Å². The molecule has 0 unspecified atom stereocenters. The maximum absolute atomic E-state index is 6.63. The van der Waals surface area contributed by atoms with Gasteiger partial charge in [0.1, 0.15) is 22.3 Å². The van der Waals surface area contributed by atoms with Crippen LogP contribution in [0, 0.1) is 0 Å². The molecule has 9 aromatic carbocycles. The third-order valence-electron chi connectivity index (χ3n) is 10.9. The number of fused-ring (bicyclic) bond motifs is 7. The number of rotatable bonds is 6. The summed E-state index contributed by atoms with van der Waals surface area (Å²) in [6.45, 7) is 0. The Labute approximate surface area is 317 Å². The minimum atomic E-state index is 0.863. The van der Waals surface area contributed by atoms with Gasteiger partial charge in [-0.2, -0.15) is 0 Å². The van der Waals surface area contributed by atoms with E-state index in [1.165, 1.54) is 16.5 Å². The summed E-state index contributed by atoms with van der Waals surface area (Å²) in [5.41, 5.74) is 13.5. The van der Waals surface area contributed by atoms with Crippen LogP contribution in [0.5, 0.6) is 0 Å². The highest BCUT2D eigenvalue weighted by Crippen LogP contribution is 2.48. The molecule has 0 amide bonds. The summed E-state index contributed by atoms with van der Waals surface area (Å²) in [7, 11) is 0. The first-order valence-electron chi connectivity index (χ1n) is 18.7. The molecule has 55 heavy (non-hydrogen) atoms. The molecule has 0 aliphatic carbocycles. The number of nitrogens with zero attached hydrogens (tertiary/aromatic N) is 1. The van der Waals surface area contributed by atoms with Crippen molar-refractivity contribution in [2.75, 3.05) is 4.90 Å². The van der Waals surface area contributed by atoms with Crippen LogP contribution in [0.2, 0.25) is 0 Å². The highest BCUT2D eigenvalue weighted by atomic mass is 16.3. The molecule has 0 saturated carbocycles. The molecule has 0 bridgehead atoms. The maximum Gasteiger partial charge on any atom is 0.143 e. The quantitative estimate of drug-likeness (QED) is 0.173. The van der Waals surface area contributed by atoms with Gasteiger partial charge in [0.05, 0.1) is 5.69 Å². The number of hydrogen-bond donors (Lipinski definition) is 0. The number of benzene rings is 9. The van der Waals surface area contributed by atoms with Gasteiger partial charge in [-0.15, -0.1) is 0 Å². The van der Waals surface area contributed by atoms with Crippen molar-refractivity contribution in [2.45, 2.75) is 0 Å². The molecule has 11 rings (SSSR count). The van der Waals surface area contributed by atoms with Gasteiger partial charge < -0.3 is 13.7 Å². The van der Waals surface area contributed by atoms with Gasteiger partial charge in [0, 0.05) is 44.0 Å². The van der Waals surface area contributed by atoms with E-state index in [-0.39, 0.29) is 0 Å². The van der Waals surface area contributed by atoms with Crippen LogP contribution in [-0.4, -0.2) is 0 Å². The second-order valence-electron chi connectivity index (χ2n) is 14.1. The van der Waals surface area contributed by atoms with Crippen LogP contribution in [0.15, 0.2) is 209 Å². The predicted octanol–water partition coefficient (Wildman–Crippen LogP) is 15.1. The Kier molecular flexibility index (Phi) is 7.17. The van der Waals surface area contributed by atoms with Crippen LogP contribution >= 0.6 is 0 Å². The van der Waals surface area contributed by atoms with Gasteiger partial charge in [-0.3, -0.25) is 0 Å². The standard InChI is InChI=1S/C52H33NO2/c1-3-12-34(13-4-1)35-22-26-40(27-23-35)53(41-28-24-36(25-29-41)42-19-11-20-44-43-18-9-10-21-47(43)55-52(42)44)46-30-31-48-51(50(46)37-14-5-2-6-15-37)45-32-38-16-7-8-17-39(38)33-49(45)54-48/h1-33H. The fourth-order valence-electron chi connectivity index (χ4n) is 8.25. The van der Waals surface area contributed by atoms with Gasteiger partial charge in [-0.25, -0.2) is 0 Å². The van der Waals surface area contributed by atoms with E-state index in [1.807, 2.05) is 12.1 Å². The Bertz CT molecular complexity index is 3180. The topological polar surface area (TPSA) is 29.5 Å². The molecule has 0 aliphatic heterocycles. The molecule has 0 radical (unpaired) electrons. The smallest absolute Gasteiger partial charge is 0.143 e. The van der Waals surface area contributed by atoms with Crippen LogP contribution in [-0.2, 0) is 0 Å². The van der Waals surface area contributed by atoms with Crippen LogP contribution in [0.4, 0.5) is 17.1 Å².